The molecule has 2 bridgehead atoms. The van der Waals surface area contributed by atoms with Gasteiger partial charge in [0.15, 0.2) is 23.7 Å². The van der Waals surface area contributed by atoms with Crippen molar-refractivity contribution in [3.05, 3.63) is 35.1 Å². The van der Waals surface area contributed by atoms with Gasteiger partial charge in [-0.3, -0.25) is 9.59 Å². The van der Waals surface area contributed by atoms with Gasteiger partial charge in [0.25, 0.3) is 0 Å². The Balaban J connectivity index is 1.41. The Morgan fingerprint density at radius 2 is 2.05 bits per heavy atom. The van der Waals surface area contributed by atoms with Crippen LogP contribution in [0.15, 0.2) is 24.0 Å². The second kappa shape index (κ2) is 9.00. The predicted octanol–water partition coefficient (Wildman–Crippen LogP) is 0.640. The van der Waals surface area contributed by atoms with Gasteiger partial charge in [-0.25, -0.2) is 4.79 Å². The molecule has 1 saturated heterocycles. The van der Waals surface area contributed by atoms with Crippen LogP contribution in [0.5, 0.6) is 11.5 Å². The molecule has 2 heterocycles. The number of esters is 2. The smallest absolute Gasteiger partial charge is 0.352 e. The fourth-order valence-corrected chi connectivity index (χ4v) is 6.49. The number of hydrogen-bond acceptors (Lipinski definition) is 10. The highest BCUT2D eigenvalue weighted by atomic mass is 16.6. The molecule has 6 atom stereocenters. The maximum Gasteiger partial charge on any atom is 0.352 e. The number of rotatable bonds is 8. The number of nitrogens with zero attached hydrogens (tertiary/aromatic N) is 1. The first-order chi connectivity index (χ1) is 17.5. The number of aliphatic hydroxyl groups is 1. The lowest BCUT2D eigenvalue weighted by atomic mass is 9.50. The van der Waals surface area contributed by atoms with Crippen LogP contribution in [0.2, 0.25) is 0 Å². The van der Waals surface area contributed by atoms with E-state index in [0.717, 1.165) is 17.7 Å². The van der Waals surface area contributed by atoms with Crippen LogP contribution in [0.4, 0.5) is 0 Å². The third kappa shape index (κ3) is 3.71. The highest BCUT2D eigenvalue weighted by Gasteiger charge is 2.72. The Morgan fingerprint density at radius 3 is 2.76 bits per heavy atom. The SMILES string of the molecule is COc1ccc2c3c1O[C@H]1C(OC(=O)[C@H](C)OC(=O)[C@@H](N)CCC(=O)O)=CC[C@@]4(O)[C@H](C2)N(C)CC[C@]314. The van der Waals surface area contributed by atoms with Crippen molar-refractivity contribution < 1.29 is 43.5 Å². The van der Waals surface area contributed by atoms with Crippen LogP contribution in [-0.4, -0.2) is 83.6 Å². The van der Waals surface area contributed by atoms with Crippen LogP contribution in [0, 0.1) is 0 Å². The van der Waals surface area contributed by atoms with Gasteiger partial charge in [0.1, 0.15) is 11.8 Å². The number of likely N-dealkylation sites (N-methyl/N-ethyl adjacent to an activating group) is 1. The minimum Gasteiger partial charge on any atom is -0.493 e. The molecule has 2 aliphatic carbocycles. The fourth-order valence-electron chi connectivity index (χ4n) is 6.49. The first kappa shape index (κ1) is 25.5. The maximum atomic E-state index is 13.0. The van der Waals surface area contributed by atoms with E-state index in [1.165, 1.54) is 6.92 Å². The van der Waals surface area contributed by atoms with Crippen LogP contribution < -0.4 is 15.2 Å². The van der Waals surface area contributed by atoms with Crippen molar-refractivity contribution in [2.75, 3.05) is 20.7 Å². The van der Waals surface area contributed by atoms with Gasteiger partial charge >= 0.3 is 17.9 Å². The zero-order valence-electron chi connectivity index (χ0n) is 21.1. The number of methoxy groups -OCH3 is 1. The molecule has 11 heteroatoms. The first-order valence-electron chi connectivity index (χ1n) is 12.4. The molecule has 200 valence electrons. The largest absolute Gasteiger partial charge is 0.493 e. The molecule has 5 rings (SSSR count). The monoisotopic (exact) mass is 516 g/mol. The number of carboxylic acid groups (broad SMARTS) is 1. The summed E-state index contributed by atoms with van der Waals surface area (Å²) in [5, 5.41) is 21.0. The van der Waals surface area contributed by atoms with Gasteiger partial charge in [0.2, 0.25) is 0 Å². The lowest BCUT2D eigenvalue weighted by Crippen LogP contribution is -2.74. The van der Waals surface area contributed by atoms with Gasteiger partial charge in [-0.1, -0.05) is 6.07 Å². The van der Waals surface area contributed by atoms with E-state index in [1.54, 1.807) is 13.2 Å². The summed E-state index contributed by atoms with van der Waals surface area (Å²) >= 11 is 0. The van der Waals surface area contributed by atoms with Crippen molar-refractivity contribution in [2.45, 2.75) is 74.3 Å². The van der Waals surface area contributed by atoms with Gasteiger partial charge < -0.3 is 39.8 Å². The molecular formula is C26H32N2O9. The number of aliphatic carboxylic acids is 1. The van der Waals surface area contributed by atoms with E-state index in [0.29, 0.717) is 24.3 Å². The number of piperidine rings is 1. The van der Waals surface area contributed by atoms with E-state index in [9.17, 15) is 19.5 Å². The average molecular weight is 517 g/mol. The molecule has 11 nitrogen and oxygen atoms in total. The zero-order valence-corrected chi connectivity index (χ0v) is 21.1. The third-order valence-electron chi connectivity index (χ3n) is 8.37. The topological polar surface area (TPSA) is 158 Å². The lowest BCUT2D eigenvalue weighted by molar-refractivity contribution is -0.175. The van der Waals surface area contributed by atoms with Crippen LogP contribution in [0.1, 0.15) is 43.7 Å². The summed E-state index contributed by atoms with van der Waals surface area (Å²) in [5.74, 6) is -1.44. The molecular weight excluding hydrogens is 484 g/mol. The number of carbonyl (C=O) groups excluding carboxylic acids is 2. The number of carboxylic acids is 1. The van der Waals surface area contributed by atoms with Crippen molar-refractivity contribution in [1.82, 2.24) is 4.90 Å². The van der Waals surface area contributed by atoms with Crippen LogP contribution in [0.25, 0.3) is 0 Å². The number of carbonyl (C=O) groups is 3. The summed E-state index contributed by atoms with van der Waals surface area (Å²) in [6.45, 7) is 2.09. The van der Waals surface area contributed by atoms with Gasteiger partial charge in [0.05, 0.1) is 18.1 Å². The number of ether oxygens (including phenoxy) is 4. The number of hydrogen-bond donors (Lipinski definition) is 3. The highest BCUT2D eigenvalue weighted by molar-refractivity contribution is 5.82. The van der Waals surface area contributed by atoms with Gasteiger partial charge in [-0.2, -0.15) is 0 Å². The molecule has 37 heavy (non-hydrogen) atoms. The molecule has 1 fully saturated rings. The average Bonchev–Trinajstić information content (AvgIpc) is 3.21. The second-order valence-electron chi connectivity index (χ2n) is 10.3. The van der Waals surface area contributed by atoms with Gasteiger partial charge in [0, 0.05) is 24.4 Å². The Labute approximate surface area is 214 Å². The van der Waals surface area contributed by atoms with Gasteiger partial charge in [-0.05, 0) is 57.5 Å². The summed E-state index contributed by atoms with van der Waals surface area (Å²) in [6.07, 6.45) is 0.731. The lowest BCUT2D eigenvalue weighted by Gasteiger charge is -2.61. The minimum atomic E-state index is -1.28. The molecule has 1 spiro atoms. The first-order valence-corrected chi connectivity index (χ1v) is 12.4. The Bertz CT molecular complexity index is 1180. The van der Waals surface area contributed by atoms with Crippen molar-refractivity contribution in [3.8, 4) is 11.5 Å². The minimum absolute atomic E-state index is 0.115. The van der Waals surface area contributed by atoms with Crippen molar-refractivity contribution in [2.24, 2.45) is 5.73 Å². The summed E-state index contributed by atoms with van der Waals surface area (Å²) in [5.41, 5.74) is 5.71. The third-order valence-corrected chi connectivity index (χ3v) is 8.37. The quantitative estimate of drug-likeness (QED) is 0.416. The normalized spacial score (nSPS) is 30.8. The van der Waals surface area contributed by atoms with E-state index in [2.05, 4.69) is 4.90 Å². The van der Waals surface area contributed by atoms with Crippen LogP contribution >= 0.6 is 0 Å². The number of nitrogens with two attached hydrogens (primary N) is 1. The Hall–Kier alpha value is -3.15. The summed E-state index contributed by atoms with van der Waals surface area (Å²) < 4.78 is 22.9. The van der Waals surface area contributed by atoms with Crippen molar-refractivity contribution in [1.29, 1.82) is 0 Å². The summed E-state index contributed by atoms with van der Waals surface area (Å²) in [6, 6.07) is 2.55. The second-order valence-corrected chi connectivity index (χ2v) is 10.3. The van der Waals surface area contributed by atoms with Crippen LogP contribution in [-0.2, 0) is 35.7 Å². The number of benzene rings is 1. The maximum absolute atomic E-state index is 13.0. The molecule has 0 radical (unpaired) electrons. The highest BCUT2D eigenvalue weighted by Crippen LogP contribution is 2.65. The molecule has 1 aromatic rings. The Kier molecular flexibility index (Phi) is 6.20. The summed E-state index contributed by atoms with van der Waals surface area (Å²) in [7, 11) is 3.56. The Morgan fingerprint density at radius 1 is 1.30 bits per heavy atom. The van der Waals surface area contributed by atoms with Crippen LogP contribution in [0.3, 0.4) is 0 Å². The molecule has 1 aromatic carbocycles. The van der Waals surface area contributed by atoms with Crippen molar-refractivity contribution in [3.63, 3.8) is 0 Å². The van der Waals surface area contributed by atoms with Gasteiger partial charge in [-0.15, -0.1) is 0 Å². The van der Waals surface area contributed by atoms with E-state index in [4.69, 9.17) is 29.8 Å². The number of likely N-dealkylation sites (tertiary alicyclic amines) is 1. The molecule has 0 aromatic heterocycles. The standard InChI is InChI=1S/C26H32N2O9/c1-13(35-24(32)15(27)5-7-19(29)30)23(31)36-17-8-9-26(33)18-12-14-4-6-16(34-3)21-20(14)25(26,22(17)37-21)10-11-28(18)2/h4,6,8,13,15,18,22,33H,5,7,9-12,27H2,1-3H3,(H,29,30)/t13-,15-,18-,22-,25-,26+/m0/s1. The van der Waals surface area contributed by atoms with E-state index >= 15 is 0 Å². The molecule has 0 unspecified atom stereocenters. The molecule has 0 saturated carbocycles. The van der Waals surface area contributed by atoms with E-state index < -0.39 is 47.2 Å². The van der Waals surface area contributed by atoms with Crippen molar-refractivity contribution >= 4 is 17.9 Å². The fraction of sp³-hybridized carbons (Fsp3) is 0.577. The molecule has 2 aliphatic heterocycles. The molecule has 4 N–H and O–H groups in total. The predicted molar refractivity (Wildman–Crippen MR) is 128 cm³/mol. The molecule has 0 amide bonds. The zero-order chi connectivity index (χ0) is 26.7. The van der Waals surface area contributed by atoms with E-state index in [1.807, 2.05) is 19.2 Å². The molecule has 4 aliphatic rings. The summed E-state index contributed by atoms with van der Waals surface area (Å²) in [4.78, 5) is 38.1. The van der Waals surface area contributed by atoms with E-state index in [-0.39, 0.29) is 31.1 Å².